The molecule has 0 amide bonds. The van der Waals surface area contributed by atoms with Crippen molar-refractivity contribution in [2.75, 3.05) is 25.1 Å². The molecule has 0 spiro atoms. The fraction of sp³-hybridized carbons (Fsp3) is 0.357. The molecule has 8 heteroatoms. The van der Waals surface area contributed by atoms with Gasteiger partial charge in [0.1, 0.15) is 18.0 Å². The SMILES string of the molecule is CCON1C=Cc2c(ccc(NCCO)c2[N+](=O)[O-])C1C=O. The molecule has 118 valence electrons. The average molecular weight is 307 g/mol. The van der Waals surface area contributed by atoms with Crippen LogP contribution in [-0.4, -0.2) is 41.1 Å². The van der Waals surface area contributed by atoms with Crippen molar-refractivity contribution in [3.05, 3.63) is 39.6 Å². The van der Waals surface area contributed by atoms with Crippen molar-refractivity contribution in [3.8, 4) is 0 Å². The number of rotatable bonds is 7. The number of aliphatic hydroxyl groups is 1. The first-order chi connectivity index (χ1) is 10.6. The summed E-state index contributed by atoms with van der Waals surface area (Å²) in [5.41, 5.74) is 1.05. The summed E-state index contributed by atoms with van der Waals surface area (Å²) in [4.78, 5) is 27.6. The molecule has 0 saturated carbocycles. The maximum Gasteiger partial charge on any atom is 0.299 e. The zero-order chi connectivity index (χ0) is 16.1. The summed E-state index contributed by atoms with van der Waals surface area (Å²) in [6, 6.07) is 2.45. The normalized spacial score (nSPS) is 16.3. The third-order valence-electron chi connectivity index (χ3n) is 3.25. The van der Waals surface area contributed by atoms with Crippen molar-refractivity contribution in [2.24, 2.45) is 0 Å². The van der Waals surface area contributed by atoms with Gasteiger partial charge in [-0.15, -0.1) is 0 Å². The molecule has 1 heterocycles. The van der Waals surface area contributed by atoms with E-state index in [1.165, 1.54) is 17.3 Å². The lowest BCUT2D eigenvalue weighted by atomic mass is 9.95. The van der Waals surface area contributed by atoms with Crippen LogP contribution in [0.5, 0.6) is 0 Å². The quantitative estimate of drug-likeness (QED) is 0.446. The van der Waals surface area contributed by atoms with Gasteiger partial charge < -0.3 is 15.2 Å². The Morgan fingerprint density at radius 3 is 2.91 bits per heavy atom. The van der Waals surface area contributed by atoms with Gasteiger partial charge in [-0.2, -0.15) is 0 Å². The summed E-state index contributed by atoms with van der Waals surface area (Å²) in [6.45, 7) is 2.22. The van der Waals surface area contributed by atoms with E-state index in [9.17, 15) is 14.9 Å². The van der Waals surface area contributed by atoms with E-state index in [4.69, 9.17) is 9.94 Å². The Bertz CT molecular complexity index is 602. The molecule has 1 aliphatic heterocycles. The van der Waals surface area contributed by atoms with E-state index in [0.29, 0.717) is 29.7 Å². The van der Waals surface area contributed by atoms with Gasteiger partial charge in [-0.1, -0.05) is 6.07 Å². The van der Waals surface area contributed by atoms with Gasteiger partial charge in [0, 0.05) is 12.7 Å². The third-order valence-corrected chi connectivity index (χ3v) is 3.25. The van der Waals surface area contributed by atoms with E-state index >= 15 is 0 Å². The zero-order valence-corrected chi connectivity index (χ0v) is 12.1. The van der Waals surface area contributed by atoms with Gasteiger partial charge in [-0.3, -0.25) is 15.0 Å². The Morgan fingerprint density at radius 1 is 1.55 bits per heavy atom. The molecule has 8 nitrogen and oxygen atoms in total. The minimum Gasteiger partial charge on any atom is -0.395 e. The van der Waals surface area contributed by atoms with Crippen LogP contribution >= 0.6 is 0 Å². The molecule has 0 radical (unpaired) electrons. The van der Waals surface area contributed by atoms with Crippen LogP contribution in [0.15, 0.2) is 18.3 Å². The third kappa shape index (κ3) is 2.92. The molecule has 1 aromatic rings. The first kappa shape index (κ1) is 15.9. The number of aliphatic hydroxyl groups excluding tert-OH is 1. The summed E-state index contributed by atoms with van der Waals surface area (Å²) < 4.78 is 0. The molecule has 1 aromatic carbocycles. The number of nitro benzene ring substituents is 1. The molecule has 2 rings (SSSR count). The topological polar surface area (TPSA) is 105 Å². The van der Waals surface area contributed by atoms with Gasteiger partial charge in [0.25, 0.3) is 5.69 Å². The highest BCUT2D eigenvalue weighted by atomic mass is 16.7. The molecule has 1 atom stereocenters. The van der Waals surface area contributed by atoms with Crippen LogP contribution < -0.4 is 5.32 Å². The first-order valence-electron chi connectivity index (χ1n) is 6.84. The predicted octanol–water partition coefficient (Wildman–Crippen LogP) is 1.48. The van der Waals surface area contributed by atoms with Crippen LogP contribution in [0, 0.1) is 10.1 Å². The number of hydroxylamine groups is 2. The minimum absolute atomic E-state index is 0.120. The summed E-state index contributed by atoms with van der Waals surface area (Å²) >= 11 is 0. The molecule has 1 unspecified atom stereocenters. The highest BCUT2D eigenvalue weighted by Gasteiger charge is 2.31. The maximum absolute atomic E-state index is 11.4. The number of nitro groups is 1. The predicted molar refractivity (Wildman–Crippen MR) is 80.0 cm³/mol. The Labute approximate surface area is 127 Å². The number of anilines is 1. The number of carbonyl (C=O) groups excluding carboxylic acids is 1. The number of nitrogens with one attached hydrogen (secondary N) is 1. The van der Waals surface area contributed by atoms with E-state index in [1.807, 2.05) is 0 Å². The lowest BCUT2D eigenvalue weighted by molar-refractivity contribution is -0.384. The van der Waals surface area contributed by atoms with Crippen LogP contribution in [-0.2, 0) is 9.63 Å². The second kappa shape index (κ2) is 7.01. The second-order valence-electron chi connectivity index (χ2n) is 4.55. The summed E-state index contributed by atoms with van der Waals surface area (Å²) in [7, 11) is 0. The fourth-order valence-electron chi connectivity index (χ4n) is 2.37. The smallest absolute Gasteiger partial charge is 0.299 e. The molecule has 2 N–H and O–H groups in total. The molecule has 22 heavy (non-hydrogen) atoms. The molecule has 1 aliphatic rings. The van der Waals surface area contributed by atoms with Gasteiger partial charge in [0.15, 0.2) is 0 Å². The van der Waals surface area contributed by atoms with Gasteiger partial charge in [-0.05, 0) is 24.6 Å². The number of carbonyl (C=O) groups is 1. The highest BCUT2D eigenvalue weighted by Crippen LogP contribution is 2.39. The van der Waals surface area contributed by atoms with Crippen molar-refractivity contribution in [3.63, 3.8) is 0 Å². The maximum atomic E-state index is 11.4. The number of hydrogen-bond acceptors (Lipinski definition) is 7. The van der Waals surface area contributed by atoms with Crippen molar-refractivity contribution >= 4 is 23.7 Å². The number of benzene rings is 1. The molecule has 0 fully saturated rings. The summed E-state index contributed by atoms with van der Waals surface area (Å²) in [6.07, 6.45) is 3.74. The molecule has 0 aliphatic carbocycles. The average Bonchev–Trinajstić information content (AvgIpc) is 2.51. The summed E-state index contributed by atoms with van der Waals surface area (Å²) in [5.74, 6) is 0. The molecular formula is C14H17N3O5. The van der Waals surface area contributed by atoms with Crippen molar-refractivity contribution in [1.29, 1.82) is 0 Å². The van der Waals surface area contributed by atoms with Crippen LogP contribution in [0.25, 0.3) is 6.08 Å². The fourth-order valence-corrected chi connectivity index (χ4v) is 2.37. The van der Waals surface area contributed by atoms with E-state index in [-0.39, 0.29) is 18.8 Å². The van der Waals surface area contributed by atoms with Crippen molar-refractivity contribution in [1.82, 2.24) is 5.06 Å². The monoisotopic (exact) mass is 307 g/mol. The van der Waals surface area contributed by atoms with Crippen LogP contribution in [0.2, 0.25) is 0 Å². The van der Waals surface area contributed by atoms with E-state index in [2.05, 4.69) is 5.32 Å². The zero-order valence-electron chi connectivity index (χ0n) is 12.1. The standard InChI is InChI=1S/C14H17N3O5/c1-2-22-16-7-5-11-10(13(16)9-19)3-4-12(15-6-8-18)14(11)17(20)21/h3-5,7,9,13,15,18H,2,6,8H2,1H3. The molecule has 0 saturated heterocycles. The van der Waals surface area contributed by atoms with Crippen LogP contribution in [0.4, 0.5) is 11.4 Å². The van der Waals surface area contributed by atoms with Crippen LogP contribution in [0.1, 0.15) is 24.1 Å². The number of aldehydes is 1. The van der Waals surface area contributed by atoms with Gasteiger partial charge in [0.2, 0.25) is 0 Å². The number of hydrogen-bond donors (Lipinski definition) is 2. The van der Waals surface area contributed by atoms with E-state index < -0.39 is 11.0 Å². The van der Waals surface area contributed by atoms with Gasteiger partial charge >= 0.3 is 0 Å². The van der Waals surface area contributed by atoms with Crippen molar-refractivity contribution < 1.29 is 19.7 Å². The Morgan fingerprint density at radius 2 is 2.32 bits per heavy atom. The lowest BCUT2D eigenvalue weighted by Gasteiger charge is -2.29. The summed E-state index contributed by atoms with van der Waals surface area (Å²) in [5, 5.41) is 24.4. The number of fused-ring (bicyclic) bond motifs is 1. The Kier molecular flexibility index (Phi) is 5.08. The molecule has 0 aromatic heterocycles. The minimum atomic E-state index is -0.731. The first-order valence-corrected chi connectivity index (χ1v) is 6.84. The Hall–Kier alpha value is -2.45. The van der Waals surface area contributed by atoms with E-state index in [0.717, 1.165) is 0 Å². The molecular weight excluding hydrogens is 290 g/mol. The van der Waals surface area contributed by atoms with Crippen molar-refractivity contribution in [2.45, 2.75) is 13.0 Å². The van der Waals surface area contributed by atoms with Crippen LogP contribution in [0.3, 0.4) is 0 Å². The lowest BCUT2D eigenvalue weighted by Crippen LogP contribution is -2.28. The van der Waals surface area contributed by atoms with Gasteiger partial charge in [-0.25, -0.2) is 5.06 Å². The van der Waals surface area contributed by atoms with E-state index in [1.54, 1.807) is 19.1 Å². The molecule has 0 bridgehead atoms. The van der Waals surface area contributed by atoms with Gasteiger partial charge in [0.05, 0.1) is 23.7 Å². The largest absolute Gasteiger partial charge is 0.395 e. The second-order valence-corrected chi connectivity index (χ2v) is 4.55. The Balaban J connectivity index is 2.51. The highest BCUT2D eigenvalue weighted by molar-refractivity contribution is 5.80. The number of nitrogens with zero attached hydrogens (tertiary/aromatic N) is 2.